The summed E-state index contributed by atoms with van der Waals surface area (Å²) in [5, 5.41) is 16.8. The number of piperidine rings is 1. The predicted octanol–water partition coefficient (Wildman–Crippen LogP) is 2.40. The smallest absolute Gasteiger partial charge is 0.255 e. The highest BCUT2D eigenvalue weighted by atomic mass is 19.1. The minimum Gasteiger partial charge on any atom is -0.389 e. The summed E-state index contributed by atoms with van der Waals surface area (Å²) in [6.07, 6.45) is 4.87. The molecule has 3 heterocycles. The van der Waals surface area contributed by atoms with Crippen molar-refractivity contribution in [3.05, 3.63) is 65.0 Å². The molecule has 8 nitrogen and oxygen atoms in total. The molecule has 198 valence electrons. The van der Waals surface area contributed by atoms with E-state index in [2.05, 4.69) is 15.6 Å². The molecule has 0 aliphatic carbocycles. The normalized spacial score (nSPS) is 21.5. The number of nitrogens with one attached hydrogen (secondary N) is 2. The van der Waals surface area contributed by atoms with E-state index in [0.29, 0.717) is 19.5 Å². The summed E-state index contributed by atoms with van der Waals surface area (Å²) in [7, 11) is 0. The van der Waals surface area contributed by atoms with Crippen LogP contribution in [0.5, 0.6) is 0 Å². The van der Waals surface area contributed by atoms with Gasteiger partial charge in [-0.1, -0.05) is 6.92 Å². The Balaban J connectivity index is 1.56. The average molecular weight is 515 g/mol. The van der Waals surface area contributed by atoms with Crippen LogP contribution in [0.2, 0.25) is 0 Å². The topological polar surface area (TPSA) is 112 Å². The number of rotatable bonds is 8. The van der Waals surface area contributed by atoms with Gasteiger partial charge in [0.1, 0.15) is 11.6 Å². The number of hydrogen-bond donors (Lipinski definition) is 3. The highest BCUT2D eigenvalue weighted by Gasteiger charge is 2.35. The number of hydrogen-bond acceptors (Lipinski definition) is 6. The van der Waals surface area contributed by atoms with Crippen LogP contribution in [0.4, 0.5) is 8.78 Å². The average Bonchev–Trinajstić information content (AvgIpc) is 3.36. The maximum absolute atomic E-state index is 13.8. The second-order valence-corrected chi connectivity index (χ2v) is 9.72. The molecule has 0 radical (unpaired) electrons. The number of aromatic nitrogens is 1. The zero-order valence-corrected chi connectivity index (χ0v) is 20.8. The van der Waals surface area contributed by atoms with Crippen LogP contribution in [-0.4, -0.2) is 69.9 Å². The summed E-state index contributed by atoms with van der Waals surface area (Å²) < 4.78 is 27.6. The van der Waals surface area contributed by atoms with Crippen molar-refractivity contribution in [3.8, 4) is 0 Å². The van der Waals surface area contributed by atoms with Crippen molar-refractivity contribution in [1.82, 2.24) is 20.5 Å². The largest absolute Gasteiger partial charge is 0.389 e. The fraction of sp³-hybridized carbons (Fsp3) is 0.481. The van der Waals surface area contributed by atoms with Crippen molar-refractivity contribution >= 4 is 17.6 Å². The summed E-state index contributed by atoms with van der Waals surface area (Å²) in [6, 6.07) is 2.60. The molecule has 1 aromatic heterocycles. The minimum atomic E-state index is -1.35. The van der Waals surface area contributed by atoms with Crippen LogP contribution in [0.15, 0.2) is 36.7 Å². The van der Waals surface area contributed by atoms with Crippen LogP contribution in [0, 0.1) is 11.6 Å². The van der Waals surface area contributed by atoms with Crippen LogP contribution in [-0.2, 0) is 11.2 Å². The van der Waals surface area contributed by atoms with E-state index in [4.69, 9.17) is 0 Å². The Kier molecular flexibility index (Phi) is 8.60. The van der Waals surface area contributed by atoms with Crippen LogP contribution in [0.3, 0.4) is 0 Å². The van der Waals surface area contributed by atoms with E-state index in [1.54, 1.807) is 4.90 Å². The number of ketones is 1. The Bertz CT molecular complexity index is 1140. The zero-order valence-electron chi connectivity index (χ0n) is 20.8. The van der Waals surface area contributed by atoms with Gasteiger partial charge in [-0.2, -0.15) is 0 Å². The number of likely N-dealkylation sites (tertiary alicyclic amines) is 1. The molecule has 0 saturated carbocycles. The SMILES string of the molecule is CC[C@H]1CCCN1C(=O)c1cncc(C(=O)N[C@@H](Cc2cc(F)cc(F)c2)[C@H](O)[C@@H]2NCCCC2=O)c1. The number of Topliss-reactive ketones (excluding diaryl/α,β-unsaturated/α-hetero) is 1. The fourth-order valence-electron chi connectivity index (χ4n) is 5.20. The van der Waals surface area contributed by atoms with Crippen molar-refractivity contribution in [2.24, 2.45) is 0 Å². The molecule has 3 N–H and O–H groups in total. The maximum Gasteiger partial charge on any atom is 0.255 e. The van der Waals surface area contributed by atoms with Crippen molar-refractivity contribution in [2.45, 2.75) is 69.7 Å². The molecule has 2 aliphatic rings. The van der Waals surface area contributed by atoms with E-state index < -0.39 is 35.7 Å². The second-order valence-electron chi connectivity index (χ2n) is 9.72. The quantitative estimate of drug-likeness (QED) is 0.499. The minimum absolute atomic E-state index is 0.101. The summed E-state index contributed by atoms with van der Waals surface area (Å²) in [5.74, 6) is -2.60. The number of benzene rings is 1. The summed E-state index contributed by atoms with van der Waals surface area (Å²) in [4.78, 5) is 44.6. The number of carbonyl (C=O) groups is 3. The van der Waals surface area contributed by atoms with Crippen molar-refractivity contribution in [2.75, 3.05) is 13.1 Å². The summed E-state index contributed by atoms with van der Waals surface area (Å²) in [6.45, 7) is 3.20. The van der Waals surface area contributed by atoms with Gasteiger partial charge in [-0.3, -0.25) is 19.4 Å². The van der Waals surface area contributed by atoms with Gasteiger partial charge in [0.15, 0.2) is 5.78 Å². The van der Waals surface area contributed by atoms with E-state index in [-0.39, 0.29) is 47.3 Å². The van der Waals surface area contributed by atoms with Crippen LogP contribution in [0.1, 0.15) is 65.3 Å². The Hall–Kier alpha value is -3.24. The molecule has 10 heteroatoms. The molecule has 1 aromatic carbocycles. The summed E-state index contributed by atoms with van der Waals surface area (Å²) in [5.41, 5.74) is 0.594. The van der Waals surface area contributed by atoms with Gasteiger partial charge >= 0.3 is 0 Å². The number of nitrogens with zero attached hydrogens (tertiary/aromatic N) is 2. The standard InChI is InChI=1S/C27H32F2N4O4/c1-2-21-5-4-8-33(21)27(37)18-12-17(14-30-15-18)26(36)32-22(11-16-9-19(28)13-20(29)10-16)25(35)24-23(34)6-3-7-31-24/h9-10,12-15,21-22,24-25,31,35H,2-8,11H2,1H3,(H,32,36)/t21-,22-,24+,25-/m0/s1. The van der Waals surface area contributed by atoms with Crippen LogP contribution < -0.4 is 10.6 Å². The molecule has 37 heavy (non-hydrogen) atoms. The molecule has 0 bridgehead atoms. The number of pyridine rings is 1. The van der Waals surface area contributed by atoms with Gasteiger partial charge in [0.05, 0.1) is 29.3 Å². The lowest BCUT2D eigenvalue weighted by Crippen LogP contribution is -2.58. The molecule has 4 rings (SSSR count). The Morgan fingerprint density at radius 3 is 2.59 bits per heavy atom. The lowest BCUT2D eigenvalue weighted by atomic mass is 9.90. The first kappa shape index (κ1) is 26.8. The number of aliphatic hydroxyl groups excluding tert-OH is 1. The monoisotopic (exact) mass is 514 g/mol. The lowest BCUT2D eigenvalue weighted by molar-refractivity contribution is -0.125. The van der Waals surface area contributed by atoms with Gasteiger partial charge in [0, 0.05) is 37.5 Å². The Morgan fingerprint density at radius 1 is 1.16 bits per heavy atom. The third kappa shape index (κ3) is 6.37. The van der Waals surface area contributed by atoms with E-state index in [0.717, 1.165) is 37.5 Å². The van der Waals surface area contributed by atoms with Gasteiger partial charge in [-0.05, 0) is 62.4 Å². The van der Waals surface area contributed by atoms with E-state index in [1.165, 1.54) is 18.5 Å². The molecule has 2 aromatic rings. The third-order valence-electron chi connectivity index (χ3n) is 7.12. The first-order valence-electron chi connectivity index (χ1n) is 12.7. The zero-order chi connectivity index (χ0) is 26.5. The number of halogens is 2. The maximum atomic E-state index is 13.8. The van der Waals surface area contributed by atoms with Crippen molar-refractivity contribution < 1.29 is 28.3 Å². The van der Waals surface area contributed by atoms with Gasteiger partial charge in [-0.25, -0.2) is 8.78 Å². The Morgan fingerprint density at radius 2 is 1.89 bits per heavy atom. The molecule has 2 fully saturated rings. The molecule has 0 spiro atoms. The lowest BCUT2D eigenvalue weighted by Gasteiger charge is -2.32. The fourth-order valence-corrected chi connectivity index (χ4v) is 5.20. The summed E-state index contributed by atoms with van der Waals surface area (Å²) >= 11 is 0. The molecular weight excluding hydrogens is 482 g/mol. The third-order valence-corrected chi connectivity index (χ3v) is 7.12. The number of aliphatic hydroxyl groups is 1. The highest BCUT2D eigenvalue weighted by Crippen LogP contribution is 2.22. The predicted molar refractivity (Wildman–Crippen MR) is 132 cm³/mol. The Labute approximate surface area is 214 Å². The molecule has 4 atom stereocenters. The van der Waals surface area contributed by atoms with Crippen LogP contribution in [0.25, 0.3) is 0 Å². The second kappa shape index (κ2) is 11.9. The van der Waals surface area contributed by atoms with Crippen molar-refractivity contribution in [1.29, 1.82) is 0 Å². The van der Waals surface area contributed by atoms with Crippen molar-refractivity contribution in [3.63, 3.8) is 0 Å². The molecule has 2 aliphatic heterocycles. The first-order valence-corrected chi connectivity index (χ1v) is 12.7. The van der Waals surface area contributed by atoms with Gasteiger partial charge in [0.25, 0.3) is 11.8 Å². The van der Waals surface area contributed by atoms with E-state index in [9.17, 15) is 28.3 Å². The number of amides is 2. The highest BCUT2D eigenvalue weighted by molar-refractivity contribution is 5.99. The molecule has 2 saturated heterocycles. The van der Waals surface area contributed by atoms with Gasteiger partial charge < -0.3 is 20.6 Å². The molecule has 0 unspecified atom stereocenters. The van der Waals surface area contributed by atoms with E-state index in [1.807, 2.05) is 6.92 Å². The number of carbonyl (C=O) groups excluding carboxylic acids is 3. The van der Waals surface area contributed by atoms with Crippen LogP contribution >= 0.6 is 0 Å². The molecule has 2 amide bonds. The van der Waals surface area contributed by atoms with E-state index >= 15 is 0 Å². The van der Waals surface area contributed by atoms with Gasteiger partial charge in [0.2, 0.25) is 0 Å². The molecular formula is C27H32F2N4O4. The van der Waals surface area contributed by atoms with Gasteiger partial charge in [-0.15, -0.1) is 0 Å². The first-order chi connectivity index (χ1) is 17.8.